The summed E-state index contributed by atoms with van der Waals surface area (Å²) in [6, 6.07) is 0. The molecule has 1 N–H and O–H groups in total. The SMILES string of the molecule is CCCCCCN(CCCCCC)CCCCCC.O=[N+]([O-])O. The van der Waals surface area contributed by atoms with Crippen LogP contribution in [0.25, 0.3) is 0 Å². The molecule has 23 heavy (non-hydrogen) atoms. The zero-order valence-electron chi connectivity index (χ0n) is 15.8. The number of nitrogens with zero attached hydrogens (tertiary/aromatic N) is 2. The molecule has 0 saturated carbocycles. The molecule has 0 aromatic heterocycles. The van der Waals surface area contributed by atoms with E-state index in [0.717, 1.165) is 0 Å². The van der Waals surface area contributed by atoms with Crippen molar-refractivity contribution in [3.8, 4) is 0 Å². The molecule has 0 aliphatic heterocycles. The topological polar surface area (TPSA) is 66.6 Å². The van der Waals surface area contributed by atoms with Gasteiger partial charge in [0, 0.05) is 0 Å². The first-order chi connectivity index (χ1) is 11.1. The van der Waals surface area contributed by atoms with Gasteiger partial charge in [0.2, 0.25) is 0 Å². The zero-order chi connectivity index (χ0) is 17.8. The molecule has 0 fully saturated rings. The smallest absolute Gasteiger partial charge is 0.291 e. The molecule has 0 aliphatic rings. The van der Waals surface area contributed by atoms with Gasteiger partial charge in [-0.1, -0.05) is 78.6 Å². The fraction of sp³-hybridized carbons (Fsp3) is 1.00. The minimum Gasteiger partial charge on any atom is -0.328 e. The molecule has 140 valence electrons. The lowest BCUT2D eigenvalue weighted by molar-refractivity contribution is -0.742. The van der Waals surface area contributed by atoms with Crippen LogP contribution in [0.15, 0.2) is 0 Å². The van der Waals surface area contributed by atoms with Crippen molar-refractivity contribution in [2.24, 2.45) is 0 Å². The molecule has 0 heterocycles. The van der Waals surface area contributed by atoms with Crippen molar-refractivity contribution in [3.63, 3.8) is 0 Å². The second kappa shape index (κ2) is 21.2. The van der Waals surface area contributed by atoms with Crippen LogP contribution in [0.4, 0.5) is 0 Å². The van der Waals surface area contributed by atoms with Crippen LogP contribution >= 0.6 is 0 Å². The van der Waals surface area contributed by atoms with Gasteiger partial charge < -0.3 is 10.1 Å². The zero-order valence-corrected chi connectivity index (χ0v) is 15.8. The molecular weight excluding hydrogens is 292 g/mol. The highest BCUT2D eigenvalue weighted by Crippen LogP contribution is 2.08. The van der Waals surface area contributed by atoms with E-state index in [4.69, 9.17) is 15.3 Å². The predicted octanol–water partition coefficient (Wildman–Crippen LogP) is 5.68. The molecule has 0 radical (unpaired) electrons. The van der Waals surface area contributed by atoms with E-state index in [0.29, 0.717) is 0 Å². The van der Waals surface area contributed by atoms with E-state index in [1.54, 1.807) is 0 Å². The summed E-state index contributed by atoms with van der Waals surface area (Å²) in [6.07, 6.45) is 16.8. The number of rotatable bonds is 15. The van der Waals surface area contributed by atoms with Gasteiger partial charge in [-0.15, -0.1) is 10.1 Å². The minimum absolute atomic E-state index is 1.35. The Hall–Kier alpha value is -0.840. The molecular formula is C18H40N2O3. The first-order valence-corrected chi connectivity index (χ1v) is 9.64. The standard InChI is InChI=1S/C18H39N.HNO3/c1-4-7-10-13-16-19(17-14-11-8-5-2)18-15-12-9-6-3;2-1(3)4/h4-18H2,1-3H3;(H,2,3,4). The number of unbranched alkanes of at least 4 members (excludes halogenated alkanes) is 9. The summed E-state index contributed by atoms with van der Waals surface area (Å²) in [6.45, 7) is 10.9. The largest absolute Gasteiger partial charge is 0.328 e. The highest BCUT2D eigenvalue weighted by atomic mass is 16.9. The van der Waals surface area contributed by atoms with Gasteiger partial charge in [-0.3, -0.25) is 0 Å². The normalized spacial score (nSPS) is 10.4. The second-order valence-electron chi connectivity index (χ2n) is 6.26. The Balaban J connectivity index is 0. The summed E-state index contributed by atoms with van der Waals surface area (Å²) in [5, 5.41) is 13.6. The molecule has 0 unspecified atom stereocenters. The Morgan fingerprint density at radius 1 is 0.696 bits per heavy atom. The van der Waals surface area contributed by atoms with Gasteiger partial charge in [0.05, 0.1) is 0 Å². The molecule has 0 spiro atoms. The highest BCUT2D eigenvalue weighted by Gasteiger charge is 2.04. The van der Waals surface area contributed by atoms with E-state index in [-0.39, 0.29) is 0 Å². The van der Waals surface area contributed by atoms with Gasteiger partial charge in [-0.2, -0.15) is 0 Å². The van der Waals surface area contributed by atoms with E-state index < -0.39 is 5.09 Å². The van der Waals surface area contributed by atoms with Crippen LogP contribution in [0.5, 0.6) is 0 Å². The quantitative estimate of drug-likeness (QED) is 0.238. The summed E-state index contributed by atoms with van der Waals surface area (Å²) in [5.74, 6) is 0. The average molecular weight is 333 g/mol. The summed E-state index contributed by atoms with van der Waals surface area (Å²) >= 11 is 0. The fourth-order valence-electron chi connectivity index (χ4n) is 2.62. The predicted molar refractivity (Wildman–Crippen MR) is 97.6 cm³/mol. The average Bonchev–Trinajstić information content (AvgIpc) is 2.50. The van der Waals surface area contributed by atoms with Gasteiger partial charge in [0.25, 0.3) is 5.09 Å². The molecule has 0 bridgehead atoms. The third-order valence-corrected chi connectivity index (χ3v) is 3.98. The molecule has 0 saturated heterocycles. The summed E-state index contributed by atoms with van der Waals surface area (Å²) in [7, 11) is 0. The van der Waals surface area contributed by atoms with Gasteiger partial charge in [0.15, 0.2) is 0 Å². The van der Waals surface area contributed by atoms with E-state index in [2.05, 4.69) is 25.7 Å². The first kappa shape index (κ1) is 24.4. The van der Waals surface area contributed by atoms with Crippen LogP contribution in [0.3, 0.4) is 0 Å². The lowest BCUT2D eigenvalue weighted by atomic mass is 10.1. The molecule has 0 aromatic rings. The van der Waals surface area contributed by atoms with Crippen LogP contribution in [0.1, 0.15) is 97.8 Å². The third-order valence-electron chi connectivity index (χ3n) is 3.98. The summed E-state index contributed by atoms with van der Waals surface area (Å²) < 4.78 is 0. The van der Waals surface area contributed by atoms with Crippen LogP contribution in [-0.2, 0) is 0 Å². The van der Waals surface area contributed by atoms with Crippen LogP contribution < -0.4 is 0 Å². The van der Waals surface area contributed by atoms with Crippen molar-refractivity contribution in [1.82, 2.24) is 4.90 Å². The molecule has 0 atom stereocenters. The highest BCUT2D eigenvalue weighted by molar-refractivity contribution is 4.59. The monoisotopic (exact) mass is 332 g/mol. The van der Waals surface area contributed by atoms with Crippen molar-refractivity contribution >= 4 is 0 Å². The molecule has 0 aliphatic carbocycles. The van der Waals surface area contributed by atoms with Gasteiger partial charge in [0.1, 0.15) is 0 Å². The summed E-state index contributed by atoms with van der Waals surface area (Å²) in [4.78, 5) is 11.1. The number of hydrogen-bond acceptors (Lipinski definition) is 3. The van der Waals surface area contributed by atoms with Crippen molar-refractivity contribution in [2.75, 3.05) is 19.6 Å². The lowest BCUT2D eigenvalue weighted by Gasteiger charge is -2.22. The van der Waals surface area contributed by atoms with Crippen LogP contribution in [0.2, 0.25) is 0 Å². The van der Waals surface area contributed by atoms with Gasteiger partial charge >= 0.3 is 0 Å². The Labute approximate surface area is 143 Å². The van der Waals surface area contributed by atoms with E-state index in [1.165, 1.54) is 96.7 Å². The Kier molecular flexibility index (Phi) is 22.5. The van der Waals surface area contributed by atoms with E-state index in [9.17, 15) is 0 Å². The van der Waals surface area contributed by atoms with Crippen molar-refractivity contribution in [2.45, 2.75) is 97.8 Å². The van der Waals surface area contributed by atoms with Crippen molar-refractivity contribution < 1.29 is 10.3 Å². The fourth-order valence-corrected chi connectivity index (χ4v) is 2.62. The first-order valence-electron chi connectivity index (χ1n) is 9.64. The Morgan fingerprint density at radius 3 is 1.17 bits per heavy atom. The molecule has 0 amide bonds. The van der Waals surface area contributed by atoms with Crippen molar-refractivity contribution in [3.05, 3.63) is 10.1 Å². The molecule has 0 rings (SSSR count). The maximum absolute atomic E-state index is 8.36. The lowest BCUT2D eigenvalue weighted by Crippen LogP contribution is -2.27. The number of hydrogen-bond donors (Lipinski definition) is 1. The Morgan fingerprint density at radius 2 is 0.957 bits per heavy atom. The van der Waals surface area contributed by atoms with Gasteiger partial charge in [-0.25, -0.2) is 0 Å². The van der Waals surface area contributed by atoms with Crippen LogP contribution in [-0.4, -0.2) is 34.8 Å². The maximum Gasteiger partial charge on any atom is 0.291 e. The van der Waals surface area contributed by atoms with Gasteiger partial charge in [-0.05, 0) is 38.9 Å². The third kappa shape index (κ3) is 26.4. The molecule has 0 aromatic carbocycles. The second-order valence-corrected chi connectivity index (χ2v) is 6.26. The van der Waals surface area contributed by atoms with E-state index >= 15 is 0 Å². The Bertz CT molecular complexity index is 206. The molecule has 5 heteroatoms. The minimum atomic E-state index is -1.50. The molecule has 5 nitrogen and oxygen atoms in total. The van der Waals surface area contributed by atoms with Crippen LogP contribution in [0, 0.1) is 10.1 Å². The van der Waals surface area contributed by atoms with Crippen molar-refractivity contribution in [1.29, 1.82) is 0 Å². The maximum atomic E-state index is 8.36. The van der Waals surface area contributed by atoms with E-state index in [1.807, 2.05) is 0 Å². The summed E-state index contributed by atoms with van der Waals surface area (Å²) in [5.41, 5.74) is 0.